The number of methoxy groups -OCH3 is 1. The van der Waals surface area contributed by atoms with Crippen LogP contribution in [-0.2, 0) is 11.2 Å². The summed E-state index contributed by atoms with van der Waals surface area (Å²) in [7, 11) is 1.63. The van der Waals surface area contributed by atoms with Crippen LogP contribution in [0.25, 0.3) is 0 Å². The van der Waals surface area contributed by atoms with Crippen molar-refractivity contribution in [1.82, 2.24) is 0 Å². The number of ether oxygens (including phenoxy) is 2. The first-order valence-electron chi connectivity index (χ1n) is 7.15. The Morgan fingerprint density at radius 1 is 1.24 bits per heavy atom. The van der Waals surface area contributed by atoms with Gasteiger partial charge in [-0.2, -0.15) is 0 Å². The maximum absolute atomic E-state index is 12.6. The fraction of sp³-hybridized carbons (Fsp3) is 0.278. The minimum atomic E-state index is -0.0684. The standard InChI is InChI=1S/C18H18O3/c1-20-14-6-4-5-13(11-14)12-17(19)15-9-10-21-18-8-3-2-7-16(15)18/h2-8,11,15H,9-10,12H2,1H3. The largest absolute Gasteiger partial charge is 0.497 e. The van der Waals surface area contributed by atoms with Crippen molar-refractivity contribution in [3.8, 4) is 11.5 Å². The van der Waals surface area contributed by atoms with Crippen molar-refractivity contribution >= 4 is 5.78 Å². The van der Waals surface area contributed by atoms with E-state index < -0.39 is 0 Å². The van der Waals surface area contributed by atoms with Gasteiger partial charge in [0.15, 0.2) is 0 Å². The summed E-state index contributed by atoms with van der Waals surface area (Å²) < 4.78 is 10.8. The summed E-state index contributed by atoms with van der Waals surface area (Å²) in [4.78, 5) is 12.6. The summed E-state index contributed by atoms with van der Waals surface area (Å²) in [6.07, 6.45) is 1.18. The van der Waals surface area contributed by atoms with E-state index in [4.69, 9.17) is 9.47 Å². The van der Waals surface area contributed by atoms with Crippen LogP contribution in [0.2, 0.25) is 0 Å². The van der Waals surface area contributed by atoms with Crippen LogP contribution in [0.4, 0.5) is 0 Å². The van der Waals surface area contributed by atoms with Crippen molar-refractivity contribution in [2.45, 2.75) is 18.8 Å². The Kier molecular flexibility index (Phi) is 3.91. The summed E-state index contributed by atoms with van der Waals surface area (Å²) in [6, 6.07) is 15.5. The molecule has 0 radical (unpaired) electrons. The fourth-order valence-electron chi connectivity index (χ4n) is 2.78. The normalized spacial score (nSPS) is 16.7. The van der Waals surface area contributed by atoms with Gasteiger partial charge in [0.2, 0.25) is 0 Å². The highest BCUT2D eigenvalue weighted by molar-refractivity contribution is 5.88. The van der Waals surface area contributed by atoms with Crippen molar-refractivity contribution in [3.05, 3.63) is 59.7 Å². The van der Waals surface area contributed by atoms with Crippen molar-refractivity contribution in [1.29, 1.82) is 0 Å². The van der Waals surface area contributed by atoms with Gasteiger partial charge in [0.1, 0.15) is 17.3 Å². The molecule has 2 aromatic rings. The molecule has 1 aliphatic rings. The van der Waals surface area contributed by atoms with Crippen LogP contribution in [0.15, 0.2) is 48.5 Å². The van der Waals surface area contributed by atoms with Gasteiger partial charge in [-0.1, -0.05) is 30.3 Å². The van der Waals surface area contributed by atoms with E-state index in [2.05, 4.69) is 0 Å². The average molecular weight is 282 g/mol. The number of fused-ring (bicyclic) bond motifs is 1. The molecule has 2 aromatic carbocycles. The molecule has 3 rings (SSSR count). The van der Waals surface area contributed by atoms with Crippen molar-refractivity contribution in [2.24, 2.45) is 0 Å². The quantitative estimate of drug-likeness (QED) is 0.862. The summed E-state index contributed by atoms with van der Waals surface area (Å²) in [6.45, 7) is 0.603. The number of para-hydroxylation sites is 1. The zero-order valence-corrected chi connectivity index (χ0v) is 12.0. The van der Waals surface area contributed by atoms with Crippen LogP contribution >= 0.6 is 0 Å². The topological polar surface area (TPSA) is 35.5 Å². The Morgan fingerprint density at radius 3 is 2.95 bits per heavy atom. The molecule has 1 heterocycles. The molecule has 0 spiro atoms. The van der Waals surface area contributed by atoms with E-state index in [-0.39, 0.29) is 11.7 Å². The fourth-order valence-corrected chi connectivity index (χ4v) is 2.78. The van der Waals surface area contributed by atoms with Gasteiger partial charge in [0.25, 0.3) is 0 Å². The van der Waals surface area contributed by atoms with Gasteiger partial charge in [-0.15, -0.1) is 0 Å². The van der Waals surface area contributed by atoms with Crippen LogP contribution in [0.1, 0.15) is 23.5 Å². The minimum absolute atomic E-state index is 0.0684. The van der Waals surface area contributed by atoms with Gasteiger partial charge in [0, 0.05) is 17.9 Å². The van der Waals surface area contributed by atoms with Gasteiger partial charge in [-0.3, -0.25) is 4.79 Å². The number of benzene rings is 2. The second-order valence-corrected chi connectivity index (χ2v) is 5.22. The van der Waals surface area contributed by atoms with Gasteiger partial charge in [-0.05, 0) is 30.2 Å². The van der Waals surface area contributed by atoms with Gasteiger partial charge in [-0.25, -0.2) is 0 Å². The molecule has 1 unspecified atom stereocenters. The second kappa shape index (κ2) is 6.00. The lowest BCUT2D eigenvalue weighted by Gasteiger charge is -2.24. The highest BCUT2D eigenvalue weighted by Gasteiger charge is 2.27. The lowest BCUT2D eigenvalue weighted by atomic mass is 9.87. The number of carbonyl (C=O) groups is 1. The van der Waals surface area contributed by atoms with Gasteiger partial charge in [0.05, 0.1) is 13.7 Å². The zero-order chi connectivity index (χ0) is 14.7. The van der Waals surface area contributed by atoms with E-state index in [0.717, 1.165) is 29.0 Å². The first-order chi connectivity index (χ1) is 10.3. The number of ketones is 1. The van der Waals surface area contributed by atoms with E-state index in [9.17, 15) is 4.79 Å². The van der Waals surface area contributed by atoms with Crippen LogP contribution in [-0.4, -0.2) is 19.5 Å². The monoisotopic (exact) mass is 282 g/mol. The number of hydrogen-bond donors (Lipinski definition) is 0. The third-order valence-corrected chi connectivity index (χ3v) is 3.86. The summed E-state index contributed by atoms with van der Waals surface area (Å²) >= 11 is 0. The van der Waals surface area contributed by atoms with Crippen LogP contribution < -0.4 is 9.47 Å². The smallest absolute Gasteiger partial charge is 0.144 e. The van der Waals surface area contributed by atoms with E-state index in [1.54, 1.807) is 7.11 Å². The molecular weight excluding hydrogens is 264 g/mol. The van der Waals surface area contributed by atoms with Crippen molar-refractivity contribution in [3.63, 3.8) is 0 Å². The molecule has 3 nitrogen and oxygen atoms in total. The average Bonchev–Trinajstić information content (AvgIpc) is 2.54. The molecule has 0 saturated carbocycles. The minimum Gasteiger partial charge on any atom is -0.497 e. The molecule has 0 bridgehead atoms. The molecule has 0 N–H and O–H groups in total. The summed E-state index contributed by atoms with van der Waals surface area (Å²) in [5, 5.41) is 0. The van der Waals surface area contributed by atoms with E-state index in [1.807, 2.05) is 48.5 Å². The third-order valence-electron chi connectivity index (χ3n) is 3.86. The van der Waals surface area contributed by atoms with Gasteiger partial charge >= 0.3 is 0 Å². The molecule has 21 heavy (non-hydrogen) atoms. The summed E-state index contributed by atoms with van der Waals surface area (Å²) in [5.74, 6) is 1.79. The molecule has 0 amide bonds. The second-order valence-electron chi connectivity index (χ2n) is 5.22. The Morgan fingerprint density at radius 2 is 2.10 bits per heavy atom. The van der Waals surface area contributed by atoms with Crippen LogP contribution in [0.5, 0.6) is 11.5 Å². The molecule has 1 atom stereocenters. The number of hydrogen-bond acceptors (Lipinski definition) is 3. The predicted octanol–water partition coefficient (Wildman–Crippen LogP) is 3.37. The molecule has 108 valence electrons. The highest BCUT2D eigenvalue weighted by atomic mass is 16.5. The Labute approximate surface area is 124 Å². The number of rotatable bonds is 4. The molecule has 0 saturated heterocycles. The Balaban J connectivity index is 1.80. The summed E-state index contributed by atoms with van der Waals surface area (Å²) in [5.41, 5.74) is 2.00. The predicted molar refractivity (Wildman–Crippen MR) is 81.0 cm³/mol. The lowest BCUT2D eigenvalue weighted by molar-refractivity contribution is -0.120. The molecule has 0 aromatic heterocycles. The SMILES string of the molecule is COc1cccc(CC(=O)C2CCOc3ccccc32)c1. The van der Waals surface area contributed by atoms with E-state index >= 15 is 0 Å². The van der Waals surface area contributed by atoms with Crippen molar-refractivity contribution < 1.29 is 14.3 Å². The maximum atomic E-state index is 12.6. The van der Waals surface area contributed by atoms with E-state index in [1.165, 1.54) is 0 Å². The van der Waals surface area contributed by atoms with E-state index in [0.29, 0.717) is 13.0 Å². The Bertz CT molecular complexity index is 648. The third kappa shape index (κ3) is 2.92. The van der Waals surface area contributed by atoms with Crippen LogP contribution in [0.3, 0.4) is 0 Å². The molecular formula is C18H18O3. The van der Waals surface area contributed by atoms with Crippen LogP contribution in [0, 0.1) is 0 Å². The maximum Gasteiger partial charge on any atom is 0.144 e. The first-order valence-corrected chi connectivity index (χ1v) is 7.15. The first kappa shape index (κ1) is 13.7. The Hall–Kier alpha value is -2.29. The number of Topliss-reactive ketones (excluding diaryl/α,β-unsaturated/α-hetero) is 1. The molecule has 1 aliphatic heterocycles. The zero-order valence-electron chi connectivity index (χ0n) is 12.0. The van der Waals surface area contributed by atoms with Gasteiger partial charge < -0.3 is 9.47 Å². The molecule has 3 heteroatoms. The lowest BCUT2D eigenvalue weighted by Crippen LogP contribution is -2.22. The highest BCUT2D eigenvalue weighted by Crippen LogP contribution is 2.34. The number of carbonyl (C=O) groups excluding carboxylic acids is 1. The van der Waals surface area contributed by atoms with Crippen molar-refractivity contribution in [2.75, 3.05) is 13.7 Å². The molecule has 0 fully saturated rings. The molecule has 0 aliphatic carbocycles.